The van der Waals surface area contributed by atoms with E-state index in [-0.39, 0.29) is 39.8 Å². The first-order chi connectivity index (χ1) is 23.4. The van der Waals surface area contributed by atoms with Gasteiger partial charge in [-0.15, -0.1) is 0 Å². The van der Waals surface area contributed by atoms with Crippen molar-refractivity contribution < 1.29 is 23.3 Å². The number of methoxy groups -OCH3 is 2. The molecule has 2 saturated carbocycles. The molecule has 5 nitrogen and oxygen atoms in total. The van der Waals surface area contributed by atoms with Gasteiger partial charge in [-0.3, -0.25) is 0 Å². The van der Waals surface area contributed by atoms with Crippen LogP contribution >= 0.6 is 7.34 Å². The van der Waals surface area contributed by atoms with E-state index in [1.807, 2.05) is 24.3 Å². The Labute approximate surface area is 303 Å². The molecule has 0 heterocycles. The fourth-order valence-corrected chi connectivity index (χ4v) is 10.8. The second kappa shape index (κ2) is 14.1. The van der Waals surface area contributed by atoms with E-state index < -0.39 is 12.9 Å². The van der Waals surface area contributed by atoms with Gasteiger partial charge in [-0.25, -0.2) is 0 Å². The van der Waals surface area contributed by atoms with E-state index in [0.29, 0.717) is 12.5 Å². The monoisotopic (exact) mass is 702 g/mol. The maximum atomic E-state index is 7.77. The van der Waals surface area contributed by atoms with Crippen LogP contribution in [0.25, 0.3) is 0 Å². The Kier molecular flexibility index (Phi) is 10.9. The lowest BCUT2D eigenvalue weighted by atomic mass is 9.68. The van der Waals surface area contributed by atoms with E-state index >= 15 is 0 Å². The number of hydrogen-bond acceptors (Lipinski definition) is 5. The molecule has 2 unspecified atom stereocenters. The van der Waals surface area contributed by atoms with Crippen LogP contribution in [0.4, 0.5) is 0 Å². The molecule has 0 aromatic heterocycles. The fourth-order valence-electron chi connectivity index (χ4n) is 9.21. The molecule has 2 fully saturated rings. The minimum Gasteiger partial charge on any atom is -0.497 e. The smallest absolute Gasteiger partial charge is 0.144 e. The van der Waals surface area contributed by atoms with Gasteiger partial charge < -0.3 is 23.3 Å². The lowest BCUT2D eigenvalue weighted by molar-refractivity contribution is -0.123. The van der Waals surface area contributed by atoms with Crippen LogP contribution in [0, 0.1) is 33.5 Å². The predicted molar refractivity (Wildman–Crippen MR) is 210 cm³/mol. The standard InChI is InChI=1S/C44H63O5P/c1-14-42(8)29-32(3)40(4,5)39(42)49-50(12,13)47-30-43(9)28-31(2)38(41(43,6)7)48-44(33-18-16-15-17-19-33,34-20-24-36(45-10)25-21-34)35-22-26-37(46-11)27-23-35/h15-27,31-32,38-39H,12,14,28-30H2,1-11,13H3/t31-,32-,38-,39?,42+,43-,50?/m1/s1. The molecule has 0 saturated heterocycles. The quantitative estimate of drug-likeness (QED) is 0.131. The molecule has 2 aliphatic carbocycles. The van der Waals surface area contributed by atoms with Crippen LogP contribution in [-0.4, -0.2) is 46.0 Å². The van der Waals surface area contributed by atoms with Gasteiger partial charge in [-0.1, -0.05) is 123 Å². The van der Waals surface area contributed by atoms with Crippen LogP contribution in [0.2, 0.25) is 0 Å². The summed E-state index contributed by atoms with van der Waals surface area (Å²) in [6.45, 7) is 23.9. The lowest BCUT2D eigenvalue weighted by Gasteiger charge is -2.47. The highest BCUT2D eigenvalue weighted by atomic mass is 31.2. The first-order valence-electron chi connectivity index (χ1n) is 18.5. The number of hydrogen-bond donors (Lipinski definition) is 0. The molecule has 2 aliphatic rings. The third-order valence-corrected chi connectivity index (χ3v) is 14.5. The molecule has 3 aromatic carbocycles. The third kappa shape index (κ3) is 6.85. The van der Waals surface area contributed by atoms with Crippen molar-refractivity contribution in [3.05, 3.63) is 95.6 Å². The SMILES string of the molecule is C=P(C)(OC[C@@]1(C)C[C@@H](C)[C@@H](OC(c2ccccc2)(c2ccc(OC)cc2)c2ccc(OC)cc2)C1(C)C)OC1C(C)(C)[C@H](C)C[C@]1(C)CC. The molecular formula is C44H63O5P. The van der Waals surface area contributed by atoms with Crippen LogP contribution in [0.5, 0.6) is 11.5 Å². The largest absolute Gasteiger partial charge is 0.497 e. The molecule has 274 valence electrons. The molecule has 0 amide bonds. The van der Waals surface area contributed by atoms with Crippen LogP contribution in [-0.2, 0) is 19.4 Å². The van der Waals surface area contributed by atoms with Gasteiger partial charge in [0.1, 0.15) is 24.4 Å². The zero-order valence-electron chi connectivity index (χ0n) is 32.8. The van der Waals surface area contributed by atoms with Crippen molar-refractivity contribution in [2.75, 3.05) is 27.5 Å². The highest BCUT2D eigenvalue weighted by molar-refractivity contribution is 7.63. The summed E-state index contributed by atoms with van der Waals surface area (Å²) in [7, 11) is 1.01. The Morgan fingerprint density at radius 3 is 1.74 bits per heavy atom. The van der Waals surface area contributed by atoms with Crippen molar-refractivity contribution in [1.29, 1.82) is 0 Å². The Bertz CT molecular complexity index is 1580. The van der Waals surface area contributed by atoms with Crippen LogP contribution in [0.15, 0.2) is 78.9 Å². The summed E-state index contributed by atoms with van der Waals surface area (Å²) in [5, 5.41) is 0. The van der Waals surface area contributed by atoms with E-state index in [9.17, 15) is 0 Å². The van der Waals surface area contributed by atoms with E-state index in [0.717, 1.165) is 47.5 Å². The van der Waals surface area contributed by atoms with Crippen LogP contribution in [0.3, 0.4) is 0 Å². The van der Waals surface area contributed by atoms with Gasteiger partial charge in [0.25, 0.3) is 0 Å². The minimum atomic E-state index is -2.40. The fraction of sp³-hybridized carbons (Fsp3) is 0.568. The molecule has 0 aliphatic heterocycles. The summed E-state index contributed by atoms with van der Waals surface area (Å²) < 4.78 is 32.9. The first-order valence-corrected chi connectivity index (χ1v) is 20.7. The van der Waals surface area contributed by atoms with Gasteiger partial charge in [0, 0.05) is 6.66 Å². The molecule has 0 N–H and O–H groups in total. The molecule has 6 heteroatoms. The molecule has 50 heavy (non-hydrogen) atoms. The summed E-state index contributed by atoms with van der Waals surface area (Å²) in [4.78, 5) is 0. The van der Waals surface area contributed by atoms with Gasteiger partial charge in [-0.2, -0.15) is 0 Å². The van der Waals surface area contributed by atoms with Crippen LogP contribution in [0.1, 0.15) is 98.3 Å². The van der Waals surface area contributed by atoms with Gasteiger partial charge in [0.2, 0.25) is 0 Å². The van der Waals surface area contributed by atoms with Crippen molar-refractivity contribution in [2.45, 2.75) is 99.4 Å². The Morgan fingerprint density at radius 1 is 0.760 bits per heavy atom. The summed E-state index contributed by atoms with van der Waals surface area (Å²) in [6, 6.07) is 27.2. The van der Waals surface area contributed by atoms with E-state index in [4.69, 9.17) is 23.3 Å². The minimum absolute atomic E-state index is 0.0563. The van der Waals surface area contributed by atoms with Crippen molar-refractivity contribution in [3.63, 3.8) is 0 Å². The molecule has 7 atom stereocenters. The number of rotatable bonds is 13. The average molecular weight is 703 g/mol. The molecule has 0 spiro atoms. The van der Waals surface area contributed by atoms with E-state index in [1.165, 1.54) is 0 Å². The van der Waals surface area contributed by atoms with Gasteiger partial charge in [0.05, 0.1) is 33.0 Å². The maximum Gasteiger partial charge on any atom is 0.144 e. The molecule has 0 bridgehead atoms. The van der Waals surface area contributed by atoms with E-state index in [2.05, 4.69) is 130 Å². The first kappa shape index (κ1) is 38.7. The molecular weight excluding hydrogens is 639 g/mol. The topological polar surface area (TPSA) is 46.2 Å². The zero-order valence-corrected chi connectivity index (χ0v) is 33.7. The zero-order chi connectivity index (χ0) is 36.8. The van der Waals surface area contributed by atoms with Gasteiger partial charge >= 0.3 is 0 Å². The molecule has 3 aromatic rings. The second-order valence-electron chi connectivity index (χ2n) is 17.2. The normalized spacial score (nSPS) is 30.2. The van der Waals surface area contributed by atoms with Crippen molar-refractivity contribution >= 4 is 13.6 Å². The van der Waals surface area contributed by atoms with Gasteiger partial charge in [0.15, 0.2) is 0 Å². The highest BCUT2D eigenvalue weighted by Crippen LogP contribution is 2.64. The third-order valence-electron chi connectivity index (χ3n) is 13.2. The Balaban J connectivity index is 1.51. The maximum absolute atomic E-state index is 7.77. The van der Waals surface area contributed by atoms with Crippen molar-refractivity contribution in [1.82, 2.24) is 0 Å². The second-order valence-corrected chi connectivity index (χ2v) is 19.7. The van der Waals surface area contributed by atoms with E-state index in [1.54, 1.807) is 14.2 Å². The number of ether oxygens (including phenoxy) is 3. The van der Waals surface area contributed by atoms with Crippen molar-refractivity contribution in [3.8, 4) is 11.5 Å². The summed E-state index contributed by atoms with van der Waals surface area (Å²) in [5.41, 5.74) is 1.98. The Hall–Kier alpha value is -2.56. The lowest BCUT2D eigenvalue weighted by Crippen LogP contribution is -2.46. The molecule has 5 rings (SSSR count). The van der Waals surface area contributed by atoms with Crippen molar-refractivity contribution in [2.24, 2.45) is 33.5 Å². The van der Waals surface area contributed by atoms with Crippen LogP contribution < -0.4 is 9.47 Å². The summed E-state index contributed by atoms with van der Waals surface area (Å²) in [5.74, 6) is 2.44. The van der Waals surface area contributed by atoms with Gasteiger partial charge in [-0.05, 0) is 93.7 Å². The highest BCUT2D eigenvalue weighted by Gasteiger charge is 2.59. The summed E-state index contributed by atoms with van der Waals surface area (Å²) >= 11 is 0. The summed E-state index contributed by atoms with van der Waals surface area (Å²) in [6.07, 6.45) is 7.82. The molecule has 0 radical (unpaired) electrons. The number of benzene rings is 3. The average Bonchev–Trinajstić information content (AvgIpc) is 3.38. The predicted octanol–water partition coefficient (Wildman–Crippen LogP) is 11.2. The Morgan fingerprint density at radius 2 is 1.26 bits per heavy atom.